The number of cyclic esters (lactones) is 1. The minimum Gasteiger partial charge on any atom is -0.441 e. The molecule has 0 saturated heterocycles. The first kappa shape index (κ1) is 13.1. The largest absolute Gasteiger partial charge is 0.441 e. The highest BCUT2D eigenvalue weighted by molar-refractivity contribution is 7.52. The van der Waals surface area contributed by atoms with E-state index in [1.54, 1.807) is 0 Å². The molecule has 5 nitrogen and oxygen atoms in total. The molecular formula is C10H9F2O5P. The van der Waals surface area contributed by atoms with E-state index in [0.717, 1.165) is 18.2 Å². The average molecular weight is 278 g/mol. The molecule has 2 N–H and O–H groups in total. The molecule has 1 heterocycles. The van der Waals surface area contributed by atoms with Gasteiger partial charge < -0.3 is 14.5 Å². The van der Waals surface area contributed by atoms with Crippen LogP contribution in [-0.4, -0.2) is 15.8 Å². The third-order valence-electron chi connectivity index (χ3n) is 2.57. The maximum atomic E-state index is 13.1. The van der Waals surface area contributed by atoms with Crippen LogP contribution in [0.3, 0.4) is 0 Å². The number of hydrogen-bond donors (Lipinski definition) is 2. The number of rotatable bonds is 2. The van der Waals surface area contributed by atoms with Crippen LogP contribution in [0.4, 0.5) is 8.78 Å². The molecule has 0 saturated carbocycles. The van der Waals surface area contributed by atoms with E-state index in [-0.39, 0.29) is 11.1 Å². The molecule has 1 atom stereocenters. The molecule has 0 fully saturated rings. The van der Waals surface area contributed by atoms with Gasteiger partial charge >= 0.3 is 13.6 Å². The number of esters is 1. The van der Waals surface area contributed by atoms with Gasteiger partial charge in [-0.05, 0) is 12.1 Å². The van der Waals surface area contributed by atoms with Crippen molar-refractivity contribution in [2.45, 2.75) is 18.7 Å². The van der Waals surface area contributed by atoms with Crippen LogP contribution in [0.15, 0.2) is 18.2 Å². The molecule has 8 heteroatoms. The van der Waals surface area contributed by atoms with E-state index in [1.165, 1.54) is 0 Å². The highest BCUT2D eigenvalue weighted by atomic mass is 31.2. The zero-order valence-corrected chi connectivity index (χ0v) is 10.0. The summed E-state index contributed by atoms with van der Waals surface area (Å²) < 4.78 is 41.9. The fraction of sp³-hybridized carbons (Fsp3) is 0.300. The van der Waals surface area contributed by atoms with Crippen molar-refractivity contribution in [3.63, 3.8) is 0 Å². The van der Waals surface area contributed by atoms with Crippen LogP contribution in [0.1, 0.15) is 34.3 Å². The van der Waals surface area contributed by atoms with Crippen molar-refractivity contribution >= 4 is 13.6 Å². The van der Waals surface area contributed by atoms with Crippen LogP contribution in [-0.2, 0) is 15.2 Å². The number of ether oxygens (including phenoxy) is 1. The van der Waals surface area contributed by atoms with Gasteiger partial charge in [0.25, 0.3) is 5.92 Å². The molecule has 0 bridgehead atoms. The van der Waals surface area contributed by atoms with Gasteiger partial charge in [0.2, 0.25) is 5.85 Å². The summed E-state index contributed by atoms with van der Waals surface area (Å²) in [5, 5.41) is 0. The van der Waals surface area contributed by atoms with Gasteiger partial charge in [0.1, 0.15) is 0 Å². The van der Waals surface area contributed by atoms with Crippen LogP contribution in [0.2, 0.25) is 0 Å². The van der Waals surface area contributed by atoms with Crippen molar-refractivity contribution in [2.75, 3.05) is 0 Å². The first-order valence-corrected chi connectivity index (χ1v) is 6.57. The van der Waals surface area contributed by atoms with Gasteiger partial charge in [-0.3, -0.25) is 4.57 Å². The summed E-state index contributed by atoms with van der Waals surface area (Å²) in [4.78, 5) is 29.4. The van der Waals surface area contributed by atoms with E-state index >= 15 is 0 Å². The number of fused-ring (bicyclic) bond motifs is 1. The minimum absolute atomic E-state index is 0.101. The molecule has 1 unspecified atom stereocenters. The molecule has 0 spiro atoms. The average Bonchev–Trinajstić information content (AvgIpc) is 2.54. The first-order valence-electron chi connectivity index (χ1n) is 4.89. The van der Waals surface area contributed by atoms with Crippen molar-refractivity contribution in [1.29, 1.82) is 0 Å². The summed E-state index contributed by atoms with van der Waals surface area (Å²) in [6, 6.07) is 3.01. The van der Waals surface area contributed by atoms with E-state index in [2.05, 4.69) is 4.74 Å². The quantitative estimate of drug-likeness (QED) is 0.639. The summed E-state index contributed by atoms with van der Waals surface area (Å²) in [5.41, 5.74) is -0.735. The summed E-state index contributed by atoms with van der Waals surface area (Å²) in [6.45, 7) is 0.652. The van der Waals surface area contributed by atoms with E-state index in [9.17, 15) is 18.1 Å². The lowest BCUT2D eigenvalue weighted by Crippen LogP contribution is -2.08. The van der Waals surface area contributed by atoms with Gasteiger partial charge in [-0.1, -0.05) is 6.07 Å². The lowest BCUT2D eigenvalue weighted by Gasteiger charge is -2.14. The van der Waals surface area contributed by atoms with Gasteiger partial charge in [0.15, 0.2) is 0 Å². The number of carbonyl (C=O) groups excluding carboxylic acids is 1. The molecule has 0 radical (unpaired) electrons. The van der Waals surface area contributed by atoms with E-state index in [1.807, 2.05) is 0 Å². The molecule has 98 valence electrons. The molecule has 0 amide bonds. The van der Waals surface area contributed by atoms with Crippen molar-refractivity contribution in [2.24, 2.45) is 0 Å². The van der Waals surface area contributed by atoms with E-state index < -0.39 is 30.9 Å². The van der Waals surface area contributed by atoms with Crippen molar-refractivity contribution in [3.8, 4) is 0 Å². The number of hydrogen-bond acceptors (Lipinski definition) is 3. The van der Waals surface area contributed by atoms with Gasteiger partial charge in [-0.25, -0.2) is 13.6 Å². The zero-order chi connectivity index (χ0) is 13.7. The molecule has 2 rings (SSSR count). The fourth-order valence-electron chi connectivity index (χ4n) is 1.70. The molecule has 18 heavy (non-hydrogen) atoms. The Labute approximate surface area is 101 Å². The number of benzene rings is 1. The lowest BCUT2D eigenvalue weighted by atomic mass is 10.0. The summed E-state index contributed by atoms with van der Waals surface area (Å²) in [6.07, 6.45) is 0. The second-order valence-corrected chi connectivity index (χ2v) is 5.68. The molecule has 1 aromatic rings. The zero-order valence-electron chi connectivity index (χ0n) is 9.13. The standard InChI is InChI=1S/C10H9F2O5P/c1-10(11,12)5-2-3-6-7(4-5)9(17-8(6)13)18(14,15)16/h2-4,9H,1H3,(H2,14,15,16). The Hall–Kier alpha value is -1.30. The second-order valence-electron chi connectivity index (χ2n) is 4.04. The SMILES string of the molecule is CC(F)(F)c1ccc2c(c1)C(P(=O)(O)O)OC2=O. The molecule has 0 aliphatic carbocycles. The highest BCUT2D eigenvalue weighted by Crippen LogP contribution is 2.56. The topological polar surface area (TPSA) is 83.8 Å². The van der Waals surface area contributed by atoms with Crippen molar-refractivity contribution in [3.05, 3.63) is 34.9 Å². The Morgan fingerprint density at radius 3 is 2.50 bits per heavy atom. The maximum absolute atomic E-state index is 13.1. The Morgan fingerprint density at radius 1 is 1.39 bits per heavy atom. The fourth-order valence-corrected chi connectivity index (χ4v) is 2.51. The summed E-state index contributed by atoms with van der Waals surface area (Å²) >= 11 is 0. The molecule has 1 aliphatic heterocycles. The molecule has 1 aromatic carbocycles. The van der Waals surface area contributed by atoms with Crippen LogP contribution < -0.4 is 0 Å². The second kappa shape index (κ2) is 3.85. The number of halogens is 2. The van der Waals surface area contributed by atoms with Crippen LogP contribution in [0.25, 0.3) is 0 Å². The van der Waals surface area contributed by atoms with Gasteiger partial charge in [-0.2, -0.15) is 0 Å². The van der Waals surface area contributed by atoms with Gasteiger partial charge in [0, 0.05) is 18.1 Å². The third-order valence-corrected chi connectivity index (χ3v) is 3.56. The predicted octanol–water partition coefficient (Wildman–Crippen LogP) is 2.15. The number of carbonyl (C=O) groups is 1. The van der Waals surface area contributed by atoms with Crippen LogP contribution in [0.5, 0.6) is 0 Å². The predicted molar refractivity (Wildman–Crippen MR) is 56.2 cm³/mol. The maximum Gasteiger partial charge on any atom is 0.370 e. The summed E-state index contributed by atoms with van der Waals surface area (Å²) in [5.74, 6) is -5.90. The third kappa shape index (κ3) is 2.16. The summed E-state index contributed by atoms with van der Waals surface area (Å²) in [7, 11) is -4.74. The first-order chi connectivity index (χ1) is 8.10. The van der Waals surface area contributed by atoms with Crippen molar-refractivity contribution < 1.29 is 32.7 Å². The van der Waals surface area contributed by atoms with Crippen molar-refractivity contribution in [1.82, 2.24) is 0 Å². The Balaban J connectivity index is 2.58. The van der Waals surface area contributed by atoms with E-state index in [0.29, 0.717) is 6.92 Å². The minimum atomic E-state index is -4.74. The van der Waals surface area contributed by atoms with Gasteiger partial charge in [0.05, 0.1) is 5.56 Å². The van der Waals surface area contributed by atoms with Crippen LogP contribution in [0, 0.1) is 0 Å². The normalized spacial score (nSPS) is 19.6. The van der Waals surface area contributed by atoms with E-state index in [4.69, 9.17) is 9.79 Å². The monoisotopic (exact) mass is 278 g/mol. The molecule has 0 aromatic heterocycles. The Bertz CT molecular complexity index is 560. The number of alkyl halides is 2. The van der Waals surface area contributed by atoms with Gasteiger partial charge in [-0.15, -0.1) is 0 Å². The Morgan fingerprint density at radius 2 is 2.00 bits per heavy atom. The smallest absolute Gasteiger partial charge is 0.370 e. The van der Waals surface area contributed by atoms with Crippen LogP contribution >= 0.6 is 7.60 Å². The Kier molecular flexibility index (Phi) is 2.81. The molecule has 1 aliphatic rings. The molecular weight excluding hydrogens is 269 g/mol. The highest BCUT2D eigenvalue weighted by Gasteiger charge is 2.43. The lowest BCUT2D eigenvalue weighted by molar-refractivity contribution is 0.0173.